The summed E-state index contributed by atoms with van der Waals surface area (Å²) in [5, 5.41) is 10.1. The first kappa shape index (κ1) is 17.3. The van der Waals surface area contributed by atoms with Crippen molar-refractivity contribution >= 4 is 5.91 Å². The first-order chi connectivity index (χ1) is 12.0. The maximum Gasteiger partial charge on any atom is 0.257 e. The van der Waals surface area contributed by atoms with E-state index in [0.29, 0.717) is 18.7 Å². The number of ether oxygens (including phenoxy) is 1. The molecular weight excluding hydrogens is 314 g/mol. The molecule has 25 heavy (non-hydrogen) atoms. The third kappa shape index (κ3) is 3.63. The number of hydrogen-bond acceptors (Lipinski definition) is 3. The van der Waals surface area contributed by atoms with Gasteiger partial charge in [0.2, 0.25) is 0 Å². The third-order valence-corrected chi connectivity index (χ3v) is 4.89. The van der Waals surface area contributed by atoms with Crippen LogP contribution in [0.5, 0.6) is 11.5 Å². The van der Waals surface area contributed by atoms with Gasteiger partial charge in [-0.05, 0) is 43.5 Å². The number of carbonyl (C=O) groups is 1. The molecule has 3 rings (SSSR count). The zero-order valence-corrected chi connectivity index (χ0v) is 15.1. The summed E-state index contributed by atoms with van der Waals surface area (Å²) in [6.07, 6.45) is 1.72. The fraction of sp³-hybridized carbons (Fsp3) is 0.381. The Balaban J connectivity index is 1.64. The summed E-state index contributed by atoms with van der Waals surface area (Å²) in [5.41, 5.74) is 3.39. The third-order valence-electron chi connectivity index (χ3n) is 4.89. The lowest BCUT2D eigenvalue weighted by Gasteiger charge is -2.33. The average Bonchev–Trinajstić information content (AvgIpc) is 2.61. The second-order valence-corrected chi connectivity index (χ2v) is 6.80. The highest BCUT2D eigenvalue weighted by Gasteiger charge is 2.26. The number of nitrogens with zero attached hydrogens (tertiary/aromatic N) is 1. The van der Waals surface area contributed by atoms with Gasteiger partial charge in [-0.1, -0.05) is 30.3 Å². The highest BCUT2D eigenvalue weighted by Crippen LogP contribution is 2.28. The lowest BCUT2D eigenvalue weighted by atomic mass is 10.0. The fourth-order valence-corrected chi connectivity index (χ4v) is 3.33. The zero-order valence-electron chi connectivity index (χ0n) is 15.1. The van der Waals surface area contributed by atoms with Crippen LogP contribution < -0.4 is 4.74 Å². The van der Waals surface area contributed by atoms with Crippen LogP contribution in [0.4, 0.5) is 0 Å². The number of phenols is 1. The minimum Gasteiger partial charge on any atom is -0.507 e. The van der Waals surface area contributed by atoms with Crippen molar-refractivity contribution in [2.75, 3.05) is 13.1 Å². The van der Waals surface area contributed by atoms with Crippen LogP contribution in [0.2, 0.25) is 0 Å². The molecule has 0 radical (unpaired) electrons. The lowest BCUT2D eigenvalue weighted by molar-refractivity contribution is 0.0590. The number of para-hydroxylation sites is 2. The van der Waals surface area contributed by atoms with E-state index in [9.17, 15) is 9.90 Å². The number of likely N-dealkylation sites (tertiary alicyclic amines) is 1. The number of hydrogen-bond donors (Lipinski definition) is 1. The molecule has 0 spiro atoms. The van der Waals surface area contributed by atoms with Crippen molar-refractivity contribution < 1.29 is 14.6 Å². The summed E-state index contributed by atoms with van der Waals surface area (Å²) in [6, 6.07) is 11.4. The van der Waals surface area contributed by atoms with Crippen LogP contribution >= 0.6 is 0 Å². The Morgan fingerprint density at radius 2 is 1.56 bits per heavy atom. The van der Waals surface area contributed by atoms with Crippen LogP contribution in [0.1, 0.15) is 39.9 Å². The molecule has 132 valence electrons. The molecule has 1 aliphatic rings. The SMILES string of the molecule is Cc1cccc(C(=O)N2CCC(Oc3c(C)cccc3C)CC2)c1O. The van der Waals surface area contributed by atoms with Gasteiger partial charge in [-0.15, -0.1) is 0 Å². The average molecular weight is 339 g/mol. The Morgan fingerprint density at radius 3 is 2.20 bits per heavy atom. The molecule has 2 aromatic carbocycles. The molecule has 4 heteroatoms. The van der Waals surface area contributed by atoms with Gasteiger partial charge in [0.1, 0.15) is 17.6 Å². The second-order valence-electron chi connectivity index (χ2n) is 6.80. The lowest BCUT2D eigenvalue weighted by Crippen LogP contribution is -2.42. The number of phenolic OH excluding ortho intramolecular Hbond substituents is 1. The number of amides is 1. The molecule has 0 aliphatic carbocycles. The molecule has 0 saturated carbocycles. The predicted molar refractivity (Wildman–Crippen MR) is 98.3 cm³/mol. The molecule has 1 fully saturated rings. The number of aryl methyl sites for hydroxylation is 3. The summed E-state index contributed by atoms with van der Waals surface area (Å²) in [6.45, 7) is 7.20. The topological polar surface area (TPSA) is 49.8 Å². The van der Waals surface area contributed by atoms with Crippen molar-refractivity contribution in [1.29, 1.82) is 0 Å². The molecule has 1 amide bonds. The molecule has 1 N–H and O–H groups in total. The normalized spacial score (nSPS) is 15.2. The standard InChI is InChI=1S/C21H25NO3/c1-14-6-5-9-18(19(14)23)21(24)22-12-10-17(11-13-22)25-20-15(2)7-4-8-16(20)3/h4-9,17,23H,10-13H2,1-3H3. The van der Waals surface area contributed by atoms with E-state index in [2.05, 4.69) is 26.0 Å². The van der Waals surface area contributed by atoms with E-state index in [1.54, 1.807) is 30.0 Å². The van der Waals surface area contributed by atoms with Crippen molar-refractivity contribution in [2.24, 2.45) is 0 Å². The first-order valence-corrected chi connectivity index (χ1v) is 8.78. The Bertz CT molecular complexity index is 756. The van der Waals surface area contributed by atoms with Gasteiger partial charge < -0.3 is 14.7 Å². The molecule has 0 bridgehead atoms. The van der Waals surface area contributed by atoms with Gasteiger partial charge in [0.05, 0.1) is 5.56 Å². The number of rotatable bonds is 3. The molecule has 0 aromatic heterocycles. The molecule has 0 atom stereocenters. The van der Waals surface area contributed by atoms with Crippen LogP contribution in [-0.4, -0.2) is 35.1 Å². The number of benzene rings is 2. The maximum absolute atomic E-state index is 12.7. The van der Waals surface area contributed by atoms with E-state index < -0.39 is 0 Å². The second kappa shape index (κ2) is 7.18. The van der Waals surface area contributed by atoms with Crippen molar-refractivity contribution in [3.8, 4) is 11.5 Å². The summed E-state index contributed by atoms with van der Waals surface area (Å²) < 4.78 is 6.21. The first-order valence-electron chi connectivity index (χ1n) is 8.78. The van der Waals surface area contributed by atoms with Crippen LogP contribution in [-0.2, 0) is 0 Å². The van der Waals surface area contributed by atoms with Crippen LogP contribution in [0.3, 0.4) is 0 Å². The van der Waals surface area contributed by atoms with Gasteiger partial charge in [0, 0.05) is 25.9 Å². The van der Waals surface area contributed by atoms with E-state index in [1.165, 1.54) is 0 Å². The van der Waals surface area contributed by atoms with Crippen LogP contribution in [0.15, 0.2) is 36.4 Å². The van der Waals surface area contributed by atoms with Gasteiger partial charge in [-0.3, -0.25) is 4.79 Å². The van der Waals surface area contributed by atoms with Crippen molar-refractivity contribution in [3.05, 3.63) is 58.7 Å². The summed E-state index contributed by atoms with van der Waals surface area (Å²) in [7, 11) is 0. The molecule has 1 heterocycles. The van der Waals surface area contributed by atoms with Gasteiger partial charge in [0.25, 0.3) is 5.91 Å². The van der Waals surface area contributed by atoms with Gasteiger partial charge in [0.15, 0.2) is 0 Å². The van der Waals surface area contributed by atoms with Crippen molar-refractivity contribution in [3.63, 3.8) is 0 Å². The number of piperidine rings is 1. The minimum atomic E-state index is -0.105. The fourth-order valence-electron chi connectivity index (χ4n) is 3.33. The number of aromatic hydroxyl groups is 1. The Hall–Kier alpha value is -2.49. The van der Waals surface area contributed by atoms with Gasteiger partial charge >= 0.3 is 0 Å². The molecule has 0 unspecified atom stereocenters. The molecular formula is C21H25NO3. The van der Waals surface area contributed by atoms with E-state index in [-0.39, 0.29) is 17.8 Å². The van der Waals surface area contributed by atoms with Crippen LogP contribution in [0.25, 0.3) is 0 Å². The Morgan fingerprint density at radius 1 is 1.00 bits per heavy atom. The minimum absolute atomic E-state index is 0.0846. The predicted octanol–water partition coefficient (Wildman–Crippen LogP) is 4.00. The Labute approximate surface area is 149 Å². The monoisotopic (exact) mass is 339 g/mol. The van der Waals surface area contributed by atoms with Gasteiger partial charge in [-0.25, -0.2) is 0 Å². The van der Waals surface area contributed by atoms with E-state index in [1.807, 2.05) is 6.07 Å². The summed E-state index contributed by atoms with van der Waals surface area (Å²) >= 11 is 0. The zero-order chi connectivity index (χ0) is 18.0. The molecule has 1 aliphatic heterocycles. The number of carbonyl (C=O) groups excluding carboxylic acids is 1. The highest BCUT2D eigenvalue weighted by atomic mass is 16.5. The van der Waals surface area contributed by atoms with Gasteiger partial charge in [-0.2, -0.15) is 0 Å². The smallest absolute Gasteiger partial charge is 0.257 e. The maximum atomic E-state index is 12.7. The van der Waals surface area contributed by atoms with Crippen molar-refractivity contribution in [1.82, 2.24) is 4.90 Å². The summed E-state index contributed by atoms with van der Waals surface area (Å²) in [4.78, 5) is 14.5. The van der Waals surface area contributed by atoms with E-state index >= 15 is 0 Å². The Kier molecular flexibility index (Phi) is 4.98. The largest absolute Gasteiger partial charge is 0.507 e. The van der Waals surface area contributed by atoms with E-state index in [4.69, 9.17) is 4.74 Å². The van der Waals surface area contributed by atoms with Crippen LogP contribution in [0, 0.1) is 20.8 Å². The highest BCUT2D eigenvalue weighted by molar-refractivity contribution is 5.97. The molecule has 2 aromatic rings. The molecule has 4 nitrogen and oxygen atoms in total. The van der Waals surface area contributed by atoms with E-state index in [0.717, 1.165) is 35.3 Å². The molecule has 1 saturated heterocycles. The van der Waals surface area contributed by atoms with Crippen molar-refractivity contribution in [2.45, 2.75) is 39.7 Å². The summed E-state index contributed by atoms with van der Waals surface area (Å²) in [5.74, 6) is 0.941. The quantitative estimate of drug-likeness (QED) is 0.919.